The summed E-state index contributed by atoms with van der Waals surface area (Å²) in [5, 5.41) is 0. The summed E-state index contributed by atoms with van der Waals surface area (Å²) >= 11 is 5.78. The van der Waals surface area contributed by atoms with Crippen LogP contribution in [0.5, 0.6) is 0 Å². The van der Waals surface area contributed by atoms with E-state index < -0.39 is 0 Å². The normalized spacial score (nSPS) is 12.8. The Morgan fingerprint density at radius 1 is 1.45 bits per heavy atom. The third kappa shape index (κ3) is 10.5. The van der Waals surface area contributed by atoms with Crippen molar-refractivity contribution < 1.29 is 4.74 Å². The molecule has 0 amide bonds. The SMILES string of the molecule is CCOC(Cl)CCN(C)C.Cl. The van der Waals surface area contributed by atoms with Gasteiger partial charge < -0.3 is 9.64 Å². The molecule has 0 aromatic rings. The third-order valence-electron chi connectivity index (χ3n) is 1.15. The van der Waals surface area contributed by atoms with Gasteiger partial charge in [0, 0.05) is 19.6 Å². The molecule has 4 heteroatoms. The first-order valence-corrected chi connectivity index (χ1v) is 4.01. The van der Waals surface area contributed by atoms with Crippen LogP contribution in [-0.2, 0) is 4.74 Å². The van der Waals surface area contributed by atoms with Gasteiger partial charge in [-0.2, -0.15) is 0 Å². The highest BCUT2D eigenvalue weighted by Gasteiger charge is 2.02. The second kappa shape index (κ2) is 8.60. The topological polar surface area (TPSA) is 12.5 Å². The number of hydrogen-bond donors (Lipinski definition) is 0. The molecule has 0 heterocycles. The minimum absolute atomic E-state index is 0. The van der Waals surface area contributed by atoms with Crippen LogP contribution in [0, 0.1) is 0 Å². The molecule has 0 fully saturated rings. The van der Waals surface area contributed by atoms with Gasteiger partial charge in [-0.25, -0.2) is 0 Å². The van der Waals surface area contributed by atoms with Crippen LogP contribution < -0.4 is 0 Å². The summed E-state index contributed by atoms with van der Waals surface area (Å²) < 4.78 is 5.13. The van der Waals surface area contributed by atoms with E-state index in [-0.39, 0.29) is 18.0 Å². The third-order valence-corrected chi connectivity index (χ3v) is 1.49. The van der Waals surface area contributed by atoms with Crippen molar-refractivity contribution in [2.75, 3.05) is 27.2 Å². The fourth-order valence-electron chi connectivity index (χ4n) is 0.624. The van der Waals surface area contributed by atoms with E-state index in [0.29, 0.717) is 6.61 Å². The molecule has 0 saturated heterocycles. The zero-order chi connectivity index (χ0) is 7.98. The first kappa shape index (κ1) is 14.0. The van der Waals surface area contributed by atoms with Crippen LogP contribution in [0.3, 0.4) is 0 Å². The van der Waals surface area contributed by atoms with Crippen molar-refractivity contribution in [1.29, 1.82) is 0 Å². The molecular formula is C7H17Cl2NO. The van der Waals surface area contributed by atoms with Gasteiger partial charge in [-0.1, -0.05) is 11.6 Å². The van der Waals surface area contributed by atoms with Crippen molar-refractivity contribution in [3.8, 4) is 0 Å². The molecule has 0 aliphatic heterocycles. The highest BCUT2D eigenvalue weighted by Crippen LogP contribution is 2.03. The molecule has 70 valence electrons. The van der Waals surface area contributed by atoms with E-state index in [0.717, 1.165) is 13.0 Å². The molecule has 0 saturated carbocycles. The standard InChI is InChI=1S/C7H16ClNO.ClH/c1-4-10-7(8)5-6-9(2)3;/h7H,4-6H2,1-3H3;1H. The average Bonchev–Trinajstić information content (AvgIpc) is 1.85. The number of ether oxygens (including phenoxy) is 1. The quantitative estimate of drug-likeness (QED) is 0.632. The van der Waals surface area contributed by atoms with Gasteiger partial charge >= 0.3 is 0 Å². The van der Waals surface area contributed by atoms with Crippen LogP contribution in [0.4, 0.5) is 0 Å². The van der Waals surface area contributed by atoms with E-state index in [9.17, 15) is 0 Å². The maximum Gasteiger partial charge on any atom is 0.132 e. The maximum atomic E-state index is 5.78. The number of nitrogens with zero attached hydrogens (tertiary/aromatic N) is 1. The Balaban J connectivity index is 0. The predicted molar refractivity (Wildman–Crippen MR) is 51.7 cm³/mol. The zero-order valence-electron chi connectivity index (χ0n) is 7.34. The lowest BCUT2D eigenvalue weighted by molar-refractivity contribution is 0.108. The van der Waals surface area contributed by atoms with Crippen molar-refractivity contribution in [3.63, 3.8) is 0 Å². The van der Waals surface area contributed by atoms with Crippen molar-refractivity contribution in [2.45, 2.75) is 18.9 Å². The van der Waals surface area contributed by atoms with E-state index in [2.05, 4.69) is 4.90 Å². The molecule has 2 nitrogen and oxygen atoms in total. The highest BCUT2D eigenvalue weighted by atomic mass is 35.5. The lowest BCUT2D eigenvalue weighted by Crippen LogP contribution is -2.18. The van der Waals surface area contributed by atoms with Crippen LogP contribution in [0.1, 0.15) is 13.3 Å². The lowest BCUT2D eigenvalue weighted by Gasteiger charge is -2.12. The second-order valence-corrected chi connectivity index (χ2v) is 2.94. The first-order chi connectivity index (χ1) is 4.66. The molecule has 0 aromatic carbocycles. The molecule has 1 atom stereocenters. The van der Waals surface area contributed by atoms with Crippen LogP contribution in [0.15, 0.2) is 0 Å². The van der Waals surface area contributed by atoms with Gasteiger partial charge in [-0.15, -0.1) is 12.4 Å². The molecule has 0 spiro atoms. The Labute approximate surface area is 80.3 Å². The van der Waals surface area contributed by atoms with Crippen molar-refractivity contribution in [1.82, 2.24) is 4.90 Å². The largest absolute Gasteiger partial charge is 0.363 e. The van der Waals surface area contributed by atoms with E-state index in [1.807, 2.05) is 21.0 Å². The summed E-state index contributed by atoms with van der Waals surface area (Å²) in [4.78, 5) is 2.09. The summed E-state index contributed by atoms with van der Waals surface area (Å²) in [6.45, 7) is 3.63. The Morgan fingerprint density at radius 2 is 2.00 bits per heavy atom. The number of rotatable bonds is 5. The second-order valence-electron chi connectivity index (χ2n) is 2.46. The summed E-state index contributed by atoms with van der Waals surface area (Å²) in [5.74, 6) is 0. The zero-order valence-corrected chi connectivity index (χ0v) is 8.91. The van der Waals surface area contributed by atoms with Gasteiger partial charge in [0.2, 0.25) is 0 Å². The van der Waals surface area contributed by atoms with Crippen molar-refractivity contribution >= 4 is 24.0 Å². The summed E-state index contributed by atoms with van der Waals surface area (Å²) in [7, 11) is 4.05. The molecule has 0 aliphatic carbocycles. The Morgan fingerprint density at radius 3 is 2.36 bits per heavy atom. The van der Waals surface area contributed by atoms with Crippen molar-refractivity contribution in [3.05, 3.63) is 0 Å². The Bertz CT molecular complexity index is 80.8. The van der Waals surface area contributed by atoms with Gasteiger partial charge in [-0.05, 0) is 21.0 Å². The minimum atomic E-state index is -0.118. The van der Waals surface area contributed by atoms with Crippen LogP contribution in [-0.4, -0.2) is 37.7 Å². The van der Waals surface area contributed by atoms with Gasteiger partial charge in [0.1, 0.15) is 5.56 Å². The van der Waals surface area contributed by atoms with Gasteiger partial charge in [0.05, 0.1) is 0 Å². The maximum absolute atomic E-state index is 5.78. The monoisotopic (exact) mass is 201 g/mol. The molecule has 0 aromatic heterocycles. The molecule has 11 heavy (non-hydrogen) atoms. The number of halogens is 2. The number of hydrogen-bond acceptors (Lipinski definition) is 2. The van der Waals surface area contributed by atoms with Crippen LogP contribution in [0.25, 0.3) is 0 Å². The summed E-state index contributed by atoms with van der Waals surface area (Å²) in [6.07, 6.45) is 0.891. The highest BCUT2D eigenvalue weighted by molar-refractivity contribution is 6.19. The molecule has 0 radical (unpaired) electrons. The molecule has 1 unspecified atom stereocenters. The van der Waals surface area contributed by atoms with Gasteiger partial charge in [-0.3, -0.25) is 0 Å². The predicted octanol–water partition coefficient (Wildman–Crippen LogP) is 1.96. The van der Waals surface area contributed by atoms with E-state index in [1.54, 1.807) is 0 Å². The smallest absolute Gasteiger partial charge is 0.132 e. The van der Waals surface area contributed by atoms with E-state index >= 15 is 0 Å². The van der Waals surface area contributed by atoms with Gasteiger partial charge in [0.15, 0.2) is 0 Å². The van der Waals surface area contributed by atoms with Crippen LogP contribution in [0.2, 0.25) is 0 Å². The minimum Gasteiger partial charge on any atom is -0.363 e. The molecule has 0 rings (SSSR count). The van der Waals surface area contributed by atoms with E-state index in [1.165, 1.54) is 0 Å². The summed E-state index contributed by atoms with van der Waals surface area (Å²) in [6, 6.07) is 0. The molecular weight excluding hydrogens is 185 g/mol. The number of alkyl halides is 1. The average molecular weight is 202 g/mol. The molecule has 0 N–H and O–H groups in total. The van der Waals surface area contributed by atoms with Crippen molar-refractivity contribution in [2.24, 2.45) is 0 Å². The molecule has 0 bridgehead atoms. The van der Waals surface area contributed by atoms with Gasteiger partial charge in [0.25, 0.3) is 0 Å². The summed E-state index contributed by atoms with van der Waals surface area (Å²) in [5.41, 5.74) is -0.118. The fraction of sp³-hybridized carbons (Fsp3) is 1.00. The van der Waals surface area contributed by atoms with E-state index in [4.69, 9.17) is 16.3 Å². The molecule has 0 aliphatic rings. The lowest BCUT2D eigenvalue weighted by atomic mass is 10.4. The first-order valence-electron chi connectivity index (χ1n) is 3.57. The van der Waals surface area contributed by atoms with Crippen LogP contribution >= 0.6 is 24.0 Å². The Hall–Kier alpha value is 0.500. The fourth-order valence-corrected chi connectivity index (χ4v) is 0.847. The Kier molecular flexibility index (Phi) is 11.0.